The lowest BCUT2D eigenvalue weighted by Crippen LogP contribution is -2.10. The molecule has 1 aromatic carbocycles. The normalized spacial score (nSPS) is 13.2. The maximum atomic E-state index is 12.7. The van der Waals surface area contributed by atoms with Gasteiger partial charge < -0.3 is 10.8 Å². The molecule has 0 saturated carbocycles. The van der Waals surface area contributed by atoms with Gasteiger partial charge in [-0.25, -0.2) is 0 Å². The summed E-state index contributed by atoms with van der Waals surface area (Å²) in [6.45, 7) is 0. The lowest BCUT2D eigenvalue weighted by molar-refractivity contribution is -0.137. The molecule has 0 aliphatic heterocycles. The summed E-state index contributed by atoms with van der Waals surface area (Å²) in [6.07, 6.45) is -2.37. The summed E-state index contributed by atoms with van der Waals surface area (Å²) in [6, 6.07) is 4.66. The van der Waals surface area contributed by atoms with E-state index in [2.05, 4.69) is 20.9 Å². The van der Waals surface area contributed by atoms with E-state index in [9.17, 15) is 18.3 Å². The molecule has 0 spiro atoms. The number of aromatic nitrogens is 1. The summed E-state index contributed by atoms with van der Waals surface area (Å²) in [5, 5.41) is 10.1. The number of nitrogen functional groups attached to an aromatic ring is 1. The Morgan fingerprint density at radius 1 is 1.24 bits per heavy atom. The molecule has 7 heteroatoms. The second-order valence-electron chi connectivity index (χ2n) is 4.57. The quantitative estimate of drug-likeness (QED) is 0.820. The van der Waals surface area contributed by atoms with Crippen LogP contribution in [0.15, 0.2) is 41.1 Å². The molecule has 1 atom stereocenters. The molecule has 2 rings (SSSR count). The Balaban J connectivity index is 2.28. The standard InChI is InChI=1S/C14H12BrF3N2O/c15-10-3-8(6-20-7-10)4-13(21)11-5-9(14(16,17)18)1-2-12(11)19/h1-3,5-7,13,21H,4,19H2. The second kappa shape index (κ2) is 6.03. The number of halogens is 4. The van der Waals surface area contributed by atoms with E-state index >= 15 is 0 Å². The smallest absolute Gasteiger partial charge is 0.398 e. The third-order valence-corrected chi connectivity index (χ3v) is 3.40. The maximum absolute atomic E-state index is 12.7. The molecular weight excluding hydrogens is 349 g/mol. The summed E-state index contributed by atoms with van der Waals surface area (Å²) in [5.41, 5.74) is 5.70. The molecule has 3 nitrogen and oxygen atoms in total. The summed E-state index contributed by atoms with van der Waals surface area (Å²) in [5.74, 6) is 0. The lowest BCUT2D eigenvalue weighted by Gasteiger charge is -2.16. The molecular formula is C14H12BrF3N2O. The fourth-order valence-corrected chi connectivity index (χ4v) is 2.35. The van der Waals surface area contributed by atoms with Gasteiger partial charge in [-0.05, 0) is 45.8 Å². The van der Waals surface area contributed by atoms with Crippen molar-refractivity contribution in [2.75, 3.05) is 5.73 Å². The van der Waals surface area contributed by atoms with Gasteiger partial charge >= 0.3 is 6.18 Å². The number of hydrogen-bond donors (Lipinski definition) is 2. The Kier molecular flexibility index (Phi) is 4.53. The largest absolute Gasteiger partial charge is 0.416 e. The van der Waals surface area contributed by atoms with Crippen LogP contribution in [0.3, 0.4) is 0 Å². The molecule has 0 aliphatic rings. The van der Waals surface area contributed by atoms with Crippen LogP contribution in [0.5, 0.6) is 0 Å². The number of hydrogen-bond acceptors (Lipinski definition) is 3. The minimum absolute atomic E-state index is 0.0600. The van der Waals surface area contributed by atoms with E-state index in [1.807, 2.05) is 0 Å². The topological polar surface area (TPSA) is 59.1 Å². The molecule has 3 N–H and O–H groups in total. The maximum Gasteiger partial charge on any atom is 0.416 e. The summed E-state index contributed by atoms with van der Waals surface area (Å²) in [4.78, 5) is 3.94. The van der Waals surface area contributed by atoms with E-state index in [0.29, 0.717) is 5.56 Å². The molecule has 21 heavy (non-hydrogen) atoms. The van der Waals surface area contributed by atoms with Gasteiger partial charge in [0.1, 0.15) is 0 Å². The Morgan fingerprint density at radius 2 is 1.95 bits per heavy atom. The highest BCUT2D eigenvalue weighted by Crippen LogP contribution is 2.33. The van der Waals surface area contributed by atoms with Crippen LogP contribution in [0.25, 0.3) is 0 Å². The second-order valence-corrected chi connectivity index (χ2v) is 5.49. The average molecular weight is 361 g/mol. The fourth-order valence-electron chi connectivity index (χ4n) is 1.94. The summed E-state index contributed by atoms with van der Waals surface area (Å²) >= 11 is 3.24. The van der Waals surface area contributed by atoms with Gasteiger partial charge in [-0.15, -0.1) is 0 Å². The number of alkyl halides is 3. The molecule has 0 aliphatic carbocycles. The van der Waals surface area contributed by atoms with E-state index in [4.69, 9.17) is 5.73 Å². The van der Waals surface area contributed by atoms with Gasteiger partial charge in [0, 0.05) is 34.5 Å². The van der Waals surface area contributed by atoms with Gasteiger partial charge in [-0.3, -0.25) is 4.98 Å². The Hall–Kier alpha value is -1.60. The Labute approximate surface area is 127 Å². The van der Waals surface area contributed by atoms with Crippen molar-refractivity contribution in [2.24, 2.45) is 0 Å². The van der Waals surface area contributed by atoms with Crippen molar-refractivity contribution in [3.05, 3.63) is 57.8 Å². The number of aliphatic hydroxyl groups is 1. The third-order valence-electron chi connectivity index (χ3n) is 2.96. The van der Waals surface area contributed by atoms with Crippen LogP contribution in [0.2, 0.25) is 0 Å². The summed E-state index contributed by atoms with van der Waals surface area (Å²) < 4.78 is 38.8. The van der Waals surface area contributed by atoms with E-state index in [-0.39, 0.29) is 17.7 Å². The monoisotopic (exact) mass is 360 g/mol. The number of nitrogens with two attached hydrogens (primary N) is 1. The predicted octanol–water partition coefficient (Wildman–Crippen LogP) is 3.72. The van der Waals surface area contributed by atoms with Crippen LogP contribution in [0.1, 0.15) is 22.8 Å². The van der Waals surface area contributed by atoms with E-state index < -0.39 is 17.8 Å². The molecule has 0 fully saturated rings. The average Bonchev–Trinajstić information content (AvgIpc) is 2.37. The molecule has 1 aromatic heterocycles. The zero-order valence-electron chi connectivity index (χ0n) is 10.7. The van der Waals surface area contributed by atoms with Gasteiger partial charge in [0.05, 0.1) is 11.7 Å². The Morgan fingerprint density at radius 3 is 2.57 bits per heavy atom. The minimum Gasteiger partial charge on any atom is -0.398 e. The van der Waals surface area contributed by atoms with Crippen LogP contribution in [0.4, 0.5) is 18.9 Å². The van der Waals surface area contributed by atoms with E-state index in [1.54, 1.807) is 12.3 Å². The molecule has 0 bridgehead atoms. The third kappa shape index (κ3) is 3.95. The summed E-state index contributed by atoms with van der Waals surface area (Å²) in [7, 11) is 0. The van der Waals surface area contributed by atoms with Crippen molar-refractivity contribution in [1.82, 2.24) is 4.98 Å². The zero-order valence-corrected chi connectivity index (χ0v) is 12.3. The van der Waals surface area contributed by atoms with Crippen LogP contribution in [-0.2, 0) is 12.6 Å². The molecule has 2 aromatic rings. The number of rotatable bonds is 3. The van der Waals surface area contributed by atoms with Crippen LogP contribution < -0.4 is 5.73 Å². The van der Waals surface area contributed by atoms with Crippen LogP contribution in [0, 0.1) is 0 Å². The van der Waals surface area contributed by atoms with Crippen LogP contribution >= 0.6 is 15.9 Å². The van der Waals surface area contributed by atoms with Crippen molar-refractivity contribution in [3.8, 4) is 0 Å². The first-order chi connectivity index (χ1) is 9.77. The molecule has 1 heterocycles. The van der Waals surface area contributed by atoms with Gasteiger partial charge in [0.25, 0.3) is 0 Å². The number of aliphatic hydroxyl groups excluding tert-OH is 1. The molecule has 0 radical (unpaired) electrons. The molecule has 112 valence electrons. The SMILES string of the molecule is Nc1ccc(C(F)(F)F)cc1C(O)Cc1cncc(Br)c1. The van der Waals surface area contributed by atoms with Gasteiger partial charge in [-0.1, -0.05) is 0 Å². The molecule has 0 saturated heterocycles. The lowest BCUT2D eigenvalue weighted by atomic mass is 9.99. The van der Waals surface area contributed by atoms with Crippen molar-refractivity contribution in [1.29, 1.82) is 0 Å². The number of benzene rings is 1. The first-order valence-electron chi connectivity index (χ1n) is 6.01. The van der Waals surface area contributed by atoms with Crippen molar-refractivity contribution >= 4 is 21.6 Å². The van der Waals surface area contributed by atoms with Gasteiger partial charge in [-0.2, -0.15) is 13.2 Å². The molecule has 0 amide bonds. The zero-order chi connectivity index (χ0) is 15.6. The Bertz CT molecular complexity index is 646. The van der Waals surface area contributed by atoms with E-state index in [1.165, 1.54) is 6.20 Å². The molecule has 1 unspecified atom stereocenters. The first-order valence-corrected chi connectivity index (χ1v) is 6.81. The highest BCUT2D eigenvalue weighted by atomic mass is 79.9. The fraction of sp³-hybridized carbons (Fsp3) is 0.214. The van der Waals surface area contributed by atoms with Crippen LogP contribution in [-0.4, -0.2) is 10.1 Å². The highest BCUT2D eigenvalue weighted by molar-refractivity contribution is 9.10. The minimum atomic E-state index is -4.47. The number of anilines is 1. The van der Waals surface area contributed by atoms with Gasteiger partial charge in [0.15, 0.2) is 0 Å². The van der Waals surface area contributed by atoms with E-state index in [0.717, 1.165) is 22.7 Å². The highest BCUT2D eigenvalue weighted by Gasteiger charge is 2.31. The van der Waals surface area contributed by atoms with Gasteiger partial charge in [0.2, 0.25) is 0 Å². The number of pyridine rings is 1. The number of nitrogens with zero attached hydrogens (tertiary/aromatic N) is 1. The van der Waals surface area contributed by atoms with Crippen molar-refractivity contribution < 1.29 is 18.3 Å². The van der Waals surface area contributed by atoms with Crippen molar-refractivity contribution in [2.45, 2.75) is 18.7 Å². The van der Waals surface area contributed by atoms with Crippen molar-refractivity contribution in [3.63, 3.8) is 0 Å². The first kappa shape index (κ1) is 15.8. The predicted molar refractivity (Wildman–Crippen MR) is 76.5 cm³/mol.